The Morgan fingerprint density at radius 2 is 1.68 bits per heavy atom. The van der Waals surface area contributed by atoms with Crippen molar-refractivity contribution in [1.29, 1.82) is 0 Å². The molecule has 0 aromatic heterocycles. The fourth-order valence-corrected chi connectivity index (χ4v) is 3.00. The van der Waals surface area contributed by atoms with Crippen LogP contribution in [0.5, 0.6) is 5.75 Å². The summed E-state index contributed by atoms with van der Waals surface area (Å²) >= 11 is 0. The van der Waals surface area contributed by atoms with Crippen molar-refractivity contribution < 1.29 is 4.74 Å². The lowest BCUT2D eigenvalue weighted by Crippen LogP contribution is -2.46. The third-order valence-electron chi connectivity index (χ3n) is 4.25. The summed E-state index contributed by atoms with van der Waals surface area (Å²) in [6, 6.07) is 16.7. The third-order valence-corrected chi connectivity index (χ3v) is 4.25. The van der Waals surface area contributed by atoms with Crippen molar-refractivity contribution in [3.63, 3.8) is 0 Å². The minimum atomic E-state index is 0.590. The average molecular weight is 297 g/mol. The number of benzene rings is 2. The van der Waals surface area contributed by atoms with Gasteiger partial charge in [-0.2, -0.15) is 0 Å². The van der Waals surface area contributed by atoms with Crippen LogP contribution in [-0.2, 0) is 6.54 Å². The topological polar surface area (TPSA) is 41.7 Å². The number of nitrogens with two attached hydrogens (primary N) is 1. The lowest BCUT2D eigenvalue weighted by molar-refractivity contribution is 0.414. The van der Waals surface area contributed by atoms with Gasteiger partial charge < -0.3 is 20.3 Å². The maximum Gasteiger partial charge on any atom is 0.120 e. The molecule has 0 amide bonds. The molecule has 3 rings (SSSR count). The van der Waals surface area contributed by atoms with Gasteiger partial charge in [-0.3, -0.25) is 0 Å². The van der Waals surface area contributed by atoms with Gasteiger partial charge in [-0.15, -0.1) is 0 Å². The number of nitrogens with zero attached hydrogens (tertiary/aromatic N) is 2. The fraction of sp³-hybridized carbons (Fsp3) is 0.333. The highest BCUT2D eigenvalue weighted by Gasteiger charge is 2.19. The molecular formula is C18H23N3O. The van der Waals surface area contributed by atoms with E-state index < -0.39 is 0 Å². The van der Waals surface area contributed by atoms with Crippen molar-refractivity contribution in [3.05, 3.63) is 54.1 Å². The zero-order valence-electron chi connectivity index (χ0n) is 13.0. The van der Waals surface area contributed by atoms with E-state index in [0.29, 0.717) is 6.54 Å². The quantitative estimate of drug-likeness (QED) is 0.941. The molecule has 0 spiro atoms. The molecule has 2 N–H and O–H groups in total. The maximum absolute atomic E-state index is 5.86. The van der Waals surface area contributed by atoms with Gasteiger partial charge in [0, 0.05) is 50.2 Å². The van der Waals surface area contributed by atoms with Crippen LogP contribution in [0.1, 0.15) is 5.56 Å². The fourth-order valence-electron chi connectivity index (χ4n) is 3.00. The summed E-state index contributed by atoms with van der Waals surface area (Å²) in [6.07, 6.45) is 0. The highest BCUT2D eigenvalue weighted by molar-refractivity contribution is 5.57. The second-order valence-corrected chi connectivity index (χ2v) is 5.51. The summed E-state index contributed by atoms with van der Waals surface area (Å²) in [6.45, 7) is 4.62. The highest BCUT2D eigenvalue weighted by atomic mass is 16.5. The van der Waals surface area contributed by atoms with Gasteiger partial charge in [0.2, 0.25) is 0 Å². The van der Waals surface area contributed by atoms with Crippen LogP contribution < -0.4 is 20.3 Å². The number of piperazine rings is 1. The number of methoxy groups -OCH3 is 1. The Morgan fingerprint density at radius 1 is 0.955 bits per heavy atom. The van der Waals surface area contributed by atoms with Crippen LogP contribution in [0.3, 0.4) is 0 Å². The Balaban J connectivity index is 1.69. The minimum absolute atomic E-state index is 0.590. The largest absolute Gasteiger partial charge is 0.497 e. The summed E-state index contributed by atoms with van der Waals surface area (Å²) in [5.41, 5.74) is 9.58. The van der Waals surface area contributed by atoms with Gasteiger partial charge in [0.15, 0.2) is 0 Å². The SMILES string of the molecule is COc1cccc(N2CCN(c3ccccc3CN)CC2)c1. The van der Waals surface area contributed by atoms with Crippen LogP contribution in [0.15, 0.2) is 48.5 Å². The number of anilines is 2. The van der Waals surface area contributed by atoms with Crippen molar-refractivity contribution in [1.82, 2.24) is 0 Å². The Bertz CT molecular complexity index is 621. The van der Waals surface area contributed by atoms with Gasteiger partial charge in [0.1, 0.15) is 5.75 Å². The van der Waals surface area contributed by atoms with Crippen molar-refractivity contribution in [2.75, 3.05) is 43.1 Å². The smallest absolute Gasteiger partial charge is 0.120 e. The molecule has 0 radical (unpaired) electrons. The number of hydrogen-bond donors (Lipinski definition) is 1. The average Bonchev–Trinajstić information content (AvgIpc) is 2.62. The van der Waals surface area contributed by atoms with Gasteiger partial charge in [-0.05, 0) is 23.8 Å². The molecule has 4 nitrogen and oxygen atoms in total. The van der Waals surface area contributed by atoms with Crippen molar-refractivity contribution in [2.24, 2.45) is 5.73 Å². The molecule has 0 aliphatic carbocycles. The summed E-state index contributed by atoms with van der Waals surface area (Å²) in [7, 11) is 1.71. The second kappa shape index (κ2) is 6.71. The zero-order chi connectivity index (χ0) is 15.4. The van der Waals surface area contributed by atoms with Gasteiger partial charge >= 0.3 is 0 Å². The molecule has 1 aliphatic heterocycles. The number of ether oxygens (including phenoxy) is 1. The van der Waals surface area contributed by atoms with Gasteiger partial charge in [0.05, 0.1) is 7.11 Å². The molecule has 1 saturated heterocycles. The lowest BCUT2D eigenvalue weighted by Gasteiger charge is -2.38. The molecule has 4 heteroatoms. The van der Waals surface area contributed by atoms with E-state index in [1.54, 1.807) is 7.11 Å². The van der Waals surface area contributed by atoms with E-state index >= 15 is 0 Å². The van der Waals surface area contributed by atoms with Gasteiger partial charge in [0.25, 0.3) is 0 Å². The number of rotatable bonds is 4. The van der Waals surface area contributed by atoms with Gasteiger partial charge in [-0.1, -0.05) is 24.3 Å². The predicted molar refractivity (Wildman–Crippen MR) is 91.8 cm³/mol. The summed E-state index contributed by atoms with van der Waals surface area (Å²) in [5.74, 6) is 0.911. The predicted octanol–water partition coefficient (Wildman–Crippen LogP) is 2.48. The van der Waals surface area contributed by atoms with Crippen LogP contribution in [0.4, 0.5) is 11.4 Å². The first-order valence-corrected chi connectivity index (χ1v) is 7.74. The van der Waals surface area contributed by atoms with Crippen molar-refractivity contribution in [2.45, 2.75) is 6.54 Å². The number of hydrogen-bond acceptors (Lipinski definition) is 4. The Morgan fingerprint density at radius 3 is 2.41 bits per heavy atom. The van der Waals surface area contributed by atoms with E-state index in [9.17, 15) is 0 Å². The normalized spacial score (nSPS) is 15.0. The standard InChI is InChI=1S/C18H23N3O/c1-22-17-7-4-6-16(13-17)20-9-11-21(12-10-20)18-8-3-2-5-15(18)14-19/h2-8,13H,9-12,14,19H2,1H3. The van der Waals surface area contributed by atoms with E-state index in [4.69, 9.17) is 10.5 Å². The molecule has 1 fully saturated rings. The molecule has 2 aromatic rings. The molecule has 1 heterocycles. The first-order chi connectivity index (χ1) is 10.8. The molecule has 116 valence electrons. The van der Waals surface area contributed by atoms with E-state index in [-0.39, 0.29) is 0 Å². The molecule has 0 atom stereocenters. The monoisotopic (exact) mass is 297 g/mol. The van der Waals surface area contributed by atoms with Crippen LogP contribution in [0, 0.1) is 0 Å². The summed E-state index contributed by atoms with van der Waals surface area (Å²) < 4.78 is 5.32. The Kier molecular flexibility index (Phi) is 4.49. The van der Waals surface area contributed by atoms with Crippen molar-refractivity contribution >= 4 is 11.4 Å². The summed E-state index contributed by atoms with van der Waals surface area (Å²) in [4.78, 5) is 4.84. The maximum atomic E-state index is 5.86. The Labute approximate surface area is 132 Å². The molecule has 2 aromatic carbocycles. The molecular weight excluding hydrogens is 274 g/mol. The lowest BCUT2D eigenvalue weighted by atomic mass is 10.1. The molecule has 22 heavy (non-hydrogen) atoms. The molecule has 0 bridgehead atoms. The van der Waals surface area contributed by atoms with E-state index in [2.05, 4.69) is 46.2 Å². The van der Waals surface area contributed by atoms with E-state index in [0.717, 1.165) is 31.9 Å². The van der Waals surface area contributed by atoms with Crippen LogP contribution in [0.25, 0.3) is 0 Å². The first kappa shape index (κ1) is 14.7. The third kappa shape index (κ3) is 3.02. The highest BCUT2D eigenvalue weighted by Crippen LogP contribution is 2.25. The van der Waals surface area contributed by atoms with Gasteiger partial charge in [-0.25, -0.2) is 0 Å². The minimum Gasteiger partial charge on any atom is -0.497 e. The van der Waals surface area contributed by atoms with Crippen molar-refractivity contribution in [3.8, 4) is 5.75 Å². The first-order valence-electron chi connectivity index (χ1n) is 7.74. The summed E-state index contributed by atoms with van der Waals surface area (Å²) in [5, 5.41) is 0. The van der Waals surface area contributed by atoms with Crippen LogP contribution in [-0.4, -0.2) is 33.3 Å². The zero-order valence-corrected chi connectivity index (χ0v) is 13.0. The molecule has 0 unspecified atom stereocenters. The van der Waals surface area contributed by atoms with Crippen LogP contribution >= 0.6 is 0 Å². The van der Waals surface area contributed by atoms with E-state index in [1.807, 2.05) is 12.1 Å². The Hall–Kier alpha value is -2.20. The second-order valence-electron chi connectivity index (χ2n) is 5.51. The molecule has 1 aliphatic rings. The van der Waals surface area contributed by atoms with Crippen LogP contribution in [0.2, 0.25) is 0 Å². The molecule has 0 saturated carbocycles. The van der Waals surface area contributed by atoms with E-state index in [1.165, 1.54) is 16.9 Å². The number of para-hydroxylation sites is 1.